The highest BCUT2D eigenvalue weighted by molar-refractivity contribution is 6.17. The van der Waals surface area contributed by atoms with E-state index in [2.05, 4.69) is 17.2 Å². The van der Waals surface area contributed by atoms with Crippen LogP contribution in [0.3, 0.4) is 0 Å². The molecule has 4 heteroatoms. The Balaban J connectivity index is 2.34. The third-order valence-corrected chi connectivity index (χ3v) is 3.04. The molecule has 0 aromatic carbocycles. The molecule has 96 valence electrons. The second-order valence-corrected chi connectivity index (χ2v) is 4.43. The van der Waals surface area contributed by atoms with Crippen molar-refractivity contribution in [2.24, 2.45) is 5.92 Å². The second-order valence-electron chi connectivity index (χ2n) is 4.05. The minimum Gasteiger partial charge on any atom is -0.481 e. The fourth-order valence-electron chi connectivity index (χ4n) is 1.68. The van der Waals surface area contributed by atoms with Crippen LogP contribution >= 0.6 is 11.6 Å². The Morgan fingerprint density at radius 3 is 2.94 bits per heavy atom. The van der Waals surface area contributed by atoms with Gasteiger partial charge in [0.05, 0.1) is 12.8 Å². The molecule has 1 rings (SSSR count). The van der Waals surface area contributed by atoms with E-state index in [1.54, 1.807) is 7.11 Å². The summed E-state index contributed by atoms with van der Waals surface area (Å²) in [5, 5.41) is 3.41. The summed E-state index contributed by atoms with van der Waals surface area (Å²) in [5.74, 6) is 2.05. The average molecular weight is 257 g/mol. The molecule has 0 bridgehead atoms. The van der Waals surface area contributed by atoms with Crippen LogP contribution in [0.25, 0.3) is 0 Å². The number of pyridine rings is 1. The molecular formula is C13H21ClN2O. The Labute approximate surface area is 109 Å². The lowest BCUT2D eigenvalue weighted by Gasteiger charge is -2.14. The molecule has 0 radical (unpaired) electrons. The molecular weight excluding hydrogens is 236 g/mol. The maximum absolute atomic E-state index is 5.75. The average Bonchev–Trinajstić information content (AvgIpc) is 2.38. The first-order valence-corrected chi connectivity index (χ1v) is 6.60. The predicted octanol–water partition coefficient (Wildman–Crippen LogP) is 2.83. The molecule has 0 saturated heterocycles. The van der Waals surface area contributed by atoms with Crippen molar-refractivity contribution in [1.82, 2.24) is 10.3 Å². The van der Waals surface area contributed by atoms with Crippen LogP contribution in [0.2, 0.25) is 0 Å². The summed E-state index contributed by atoms with van der Waals surface area (Å²) in [6.07, 6.45) is 2.22. The van der Waals surface area contributed by atoms with E-state index in [1.165, 1.54) is 0 Å². The van der Waals surface area contributed by atoms with Crippen molar-refractivity contribution in [3.05, 3.63) is 23.9 Å². The number of ether oxygens (including phenoxy) is 1. The summed E-state index contributed by atoms with van der Waals surface area (Å²) in [6.45, 7) is 3.96. The Morgan fingerprint density at radius 2 is 2.29 bits per heavy atom. The highest BCUT2D eigenvalue weighted by Crippen LogP contribution is 2.09. The highest BCUT2D eigenvalue weighted by atomic mass is 35.5. The summed E-state index contributed by atoms with van der Waals surface area (Å²) >= 11 is 5.75. The lowest BCUT2D eigenvalue weighted by atomic mass is 10.0. The van der Waals surface area contributed by atoms with Crippen LogP contribution in [-0.4, -0.2) is 24.5 Å². The molecule has 1 aromatic heterocycles. The fourth-order valence-corrected chi connectivity index (χ4v) is 1.99. The Hall–Kier alpha value is -0.800. The lowest BCUT2D eigenvalue weighted by molar-refractivity contribution is 0.394. The predicted molar refractivity (Wildman–Crippen MR) is 71.6 cm³/mol. The van der Waals surface area contributed by atoms with E-state index in [0.717, 1.165) is 37.5 Å². The van der Waals surface area contributed by atoms with Gasteiger partial charge in [0, 0.05) is 18.5 Å². The van der Waals surface area contributed by atoms with E-state index in [1.807, 2.05) is 18.2 Å². The number of halogens is 1. The van der Waals surface area contributed by atoms with Crippen molar-refractivity contribution in [1.29, 1.82) is 0 Å². The number of rotatable bonds is 8. The molecule has 17 heavy (non-hydrogen) atoms. The maximum Gasteiger partial charge on any atom is 0.213 e. The topological polar surface area (TPSA) is 34.1 Å². The number of aromatic nitrogens is 1. The quantitative estimate of drug-likeness (QED) is 0.727. The van der Waals surface area contributed by atoms with Gasteiger partial charge in [0.2, 0.25) is 5.88 Å². The molecule has 0 aliphatic heterocycles. The zero-order valence-corrected chi connectivity index (χ0v) is 11.3. The molecule has 1 atom stereocenters. The minimum atomic E-state index is 0.651. The Kier molecular flexibility index (Phi) is 6.97. The molecule has 0 fully saturated rings. The van der Waals surface area contributed by atoms with Gasteiger partial charge in [0.1, 0.15) is 0 Å². The van der Waals surface area contributed by atoms with E-state index < -0.39 is 0 Å². The van der Waals surface area contributed by atoms with Gasteiger partial charge in [-0.3, -0.25) is 0 Å². The minimum absolute atomic E-state index is 0.651. The molecule has 1 unspecified atom stereocenters. The fraction of sp³-hybridized carbons (Fsp3) is 0.615. The Bertz CT molecular complexity index is 320. The summed E-state index contributed by atoms with van der Waals surface area (Å²) < 4.78 is 5.09. The first-order valence-electron chi connectivity index (χ1n) is 6.06. The van der Waals surface area contributed by atoms with Crippen molar-refractivity contribution >= 4 is 11.6 Å². The standard InChI is InChI=1S/C13H21ClN2O/c1-3-11(7-8-14)9-15-10-12-5-4-6-13(16-12)17-2/h4-6,11,15H,3,7-10H2,1-2H3. The summed E-state index contributed by atoms with van der Waals surface area (Å²) in [6, 6.07) is 5.81. The normalized spacial score (nSPS) is 12.4. The van der Waals surface area contributed by atoms with Gasteiger partial charge in [-0.05, 0) is 24.9 Å². The number of methoxy groups -OCH3 is 1. The van der Waals surface area contributed by atoms with Crippen LogP contribution in [0.1, 0.15) is 25.5 Å². The highest BCUT2D eigenvalue weighted by Gasteiger charge is 2.05. The van der Waals surface area contributed by atoms with Gasteiger partial charge in [-0.2, -0.15) is 0 Å². The van der Waals surface area contributed by atoms with Crippen molar-refractivity contribution in [2.45, 2.75) is 26.3 Å². The van der Waals surface area contributed by atoms with Gasteiger partial charge in [0.15, 0.2) is 0 Å². The number of nitrogens with zero attached hydrogens (tertiary/aromatic N) is 1. The van der Waals surface area contributed by atoms with Crippen molar-refractivity contribution in [2.75, 3.05) is 19.5 Å². The first kappa shape index (κ1) is 14.3. The molecule has 0 spiro atoms. The molecule has 0 aliphatic rings. The molecule has 1 aromatic rings. The van der Waals surface area contributed by atoms with Crippen LogP contribution in [0.4, 0.5) is 0 Å². The van der Waals surface area contributed by atoms with Crippen molar-refractivity contribution < 1.29 is 4.74 Å². The third kappa shape index (κ3) is 5.37. The summed E-state index contributed by atoms with van der Waals surface area (Å²) in [5.41, 5.74) is 1.00. The number of hydrogen-bond acceptors (Lipinski definition) is 3. The van der Waals surface area contributed by atoms with E-state index in [9.17, 15) is 0 Å². The number of alkyl halides is 1. The monoisotopic (exact) mass is 256 g/mol. The van der Waals surface area contributed by atoms with Crippen LogP contribution in [0.5, 0.6) is 5.88 Å². The molecule has 1 N–H and O–H groups in total. The van der Waals surface area contributed by atoms with E-state index >= 15 is 0 Å². The van der Waals surface area contributed by atoms with Crippen LogP contribution in [0.15, 0.2) is 18.2 Å². The second kappa shape index (κ2) is 8.31. The molecule has 0 saturated carbocycles. The van der Waals surface area contributed by atoms with Gasteiger partial charge in [-0.15, -0.1) is 11.6 Å². The third-order valence-electron chi connectivity index (χ3n) is 2.82. The van der Waals surface area contributed by atoms with Crippen LogP contribution in [-0.2, 0) is 6.54 Å². The van der Waals surface area contributed by atoms with Gasteiger partial charge in [-0.25, -0.2) is 4.98 Å². The van der Waals surface area contributed by atoms with E-state index in [0.29, 0.717) is 11.8 Å². The zero-order chi connectivity index (χ0) is 12.5. The Morgan fingerprint density at radius 1 is 1.47 bits per heavy atom. The van der Waals surface area contributed by atoms with Crippen molar-refractivity contribution in [3.8, 4) is 5.88 Å². The number of nitrogens with one attached hydrogen (secondary N) is 1. The van der Waals surface area contributed by atoms with Crippen LogP contribution in [0, 0.1) is 5.92 Å². The molecule has 1 heterocycles. The van der Waals surface area contributed by atoms with E-state index in [4.69, 9.17) is 16.3 Å². The smallest absolute Gasteiger partial charge is 0.213 e. The lowest BCUT2D eigenvalue weighted by Crippen LogP contribution is -2.23. The van der Waals surface area contributed by atoms with Gasteiger partial charge >= 0.3 is 0 Å². The SMILES string of the molecule is CCC(CCCl)CNCc1cccc(OC)n1. The summed E-state index contributed by atoms with van der Waals surface area (Å²) in [7, 11) is 1.63. The van der Waals surface area contributed by atoms with Gasteiger partial charge in [-0.1, -0.05) is 19.4 Å². The number of hydrogen-bond donors (Lipinski definition) is 1. The first-order chi connectivity index (χ1) is 8.30. The van der Waals surface area contributed by atoms with Crippen LogP contribution < -0.4 is 10.1 Å². The largest absolute Gasteiger partial charge is 0.481 e. The zero-order valence-electron chi connectivity index (χ0n) is 10.6. The molecule has 0 aliphatic carbocycles. The van der Waals surface area contributed by atoms with Gasteiger partial charge < -0.3 is 10.1 Å². The summed E-state index contributed by atoms with van der Waals surface area (Å²) in [4.78, 5) is 4.35. The van der Waals surface area contributed by atoms with Crippen molar-refractivity contribution in [3.63, 3.8) is 0 Å². The molecule has 0 amide bonds. The van der Waals surface area contributed by atoms with E-state index in [-0.39, 0.29) is 0 Å². The maximum atomic E-state index is 5.75. The molecule has 3 nitrogen and oxygen atoms in total. The van der Waals surface area contributed by atoms with Gasteiger partial charge in [0.25, 0.3) is 0 Å².